The van der Waals surface area contributed by atoms with E-state index in [0.29, 0.717) is 56.3 Å². The van der Waals surface area contributed by atoms with E-state index in [4.69, 9.17) is 24.7 Å². The zero-order valence-corrected chi connectivity index (χ0v) is 56.8. The van der Waals surface area contributed by atoms with Crippen molar-refractivity contribution in [2.75, 3.05) is 53.3 Å². The van der Waals surface area contributed by atoms with Crippen LogP contribution in [0.4, 0.5) is 15.3 Å². The van der Waals surface area contributed by atoms with Gasteiger partial charge in [-0.25, -0.2) is 14.4 Å². The van der Waals surface area contributed by atoms with Gasteiger partial charge in [-0.05, 0) is 93.4 Å². The van der Waals surface area contributed by atoms with Gasteiger partial charge in [0.15, 0.2) is 0 Å². The molecule has 0 radical (unpaired) electrons. The molecule has 10 unspecified atom stereocenters. The van der Waals surface area contributed by atoms with Crippen molar-refractivity contribution in [2.45, 2.75) is 194 Å². The number of esters is 1. The number of urea groups is 1. The summed E-state index contributed by atoms with van der Waals surface area (Å²) in [4.78, 5) is 163. The molecule has 2 aliphatic heterocycles. The van der Waals surface area contributed by atoms with Crippen LogP contribution in [-0.4, -0.2) is 188 Å². The van der Waals surface area contributed by atoms with Gasteiger partial charge in [-0.3, -0.25) is 48.1 Å². The molecular weight excluding hydrogens is 1210 g/mol. The van der Waals surface area contributed by atoms with Gasteiger partial charge in [0.1, 0.15) is 36.3 Å². The van der Waals surface area contributed by atoms with Crippen LogP contribution < -0.4 is 43.0 Å². The number of nitrogens with one attached hydrogen (secondary N) is 7. The number of nitrogens with zero attached hydrogens (tertiary/aromatic N) is 3. The molecule has 27 heteroatoms. The summed E-state index contributed by atoms with van der Waals surface area (Å²) in [5, 5.41) is 19.0. The fourth-order valence-corrected chi connectivity index (χ4v) is 11.5. The number of alkyl carbamates (subject to hydrolysis) is 1. The van der Waals surface area contributed by atoms with E-state index in [1.54, 1.807) is 70.8 Å². The molecule has 12 amide bonds. The number of unbranched alkanes of at least 4 members (excludes halogenated alkanes) is 2. The Labute approximate surface area is 552 Å². The Morgan fingerprint density at radius 2 is 1.37 bits per heavy atom. The largest absolute Gasteiger partial charge is 0.467 e. The van der Waals surface area contributed by atoms with Crippen LogP contribution in [0.25, 0.3) is 0 Å². The highest BCUT2D eigenvalue weighted by Crippen LogP contribution is 2.30. The zero-order valence-electron chi connectivity index (χ0n) is 56.8. The lowest BCUT2D eigenvalue weighted by atomic mass is 9.89. The number of hydrogen-bond acceptors (Lipinski definition) is 16. The predicted octanol–water partition coefficient (Wildman–Crippen LogP) is 4.15. The molecule has 0 saturated carbocycles. The molecule has 27 nitrogen and oxygen atoms in total. The fourth-order valence-electron chi connectivity index (χ4n) is 11.5. The quantitative estimate of drug-likeness (QED) is 0.0266. The Balaban J connectivity index is 1.35. The van der Waals surface area contributed by atoms with Crippen molar-refractivity contribution >= 4 is 76.9 Å². The fraction of sp³-hybridized carbons (Fsp3) is 0.612. The molecule has 10 atom stereocenters. The third kappa shape index (κ3) is 23.5. The summed E-state index contributed by atoms with van der Waals surface area (Å²) in [7, 11) is 5.82. The number of benzene rings is 2. The topological polar surface area (TPSA) is 362 Å². The summed E-state index contributed by atoms with van der Waals surface area (Å²) in [5.41, 5.74) is 5.28. The molecule has 0 aliphatic carbocycles. The molecule has 9 N–H and O–H groups in total. The Morgan fingerprint density at radius 3 is 1.96 bits per heavy atom. The number of carbonyl (C=O) groups is 12. The van der Waals surface area contributed by atoms with Gasteiger partial charge in [0.2, 0.25) is 41.4 Å². The first-order valence-corrected chi connectivity index (χ1v) is 32.3. The highest BCUT2D eigenvalue weighted by molar-refractivity contribution is 6.12. The second kappa shape index (κ2) is 38.0. The monoisotopic (exact) mass is 1320 g/mol. The molecular formula is C67H101N11O16. The maximum Gasteiger partial charge on any atom is 0.408 e. The van der Waals surface area contributed by atoms with Crippen LogP contribution in [0.2, 0.25) is 0 Å². The molecule has 2 aromatic rings. The number of likely N-dealkylation sites (tertiary alicyclic amines) is 1. The van der Waals surface area contributed by atoms with Gasteiger partial charge in [0.05, 0.1) is 43.7 Å². The number of hydrogen-bond donors (Lipinski definition) is 8. The average Bonchev–Trinajstić information content (AvgIpc) is 1.31. The van der Waals surface area contributed by atoms with Crippen molar-refractivity contribution in [1.29, 1.82) is 0 Å². The molecule has 4 rings (SSSR count). The number of carbonyl (C=O) groups excluding carboxylic acids is 12. The van der Waals surface area contributed by atoms with Gasteiger partial charge >= 0.3 is 18.1 Å². The molecule has 1 fully saturated rings. The van der Waals surface area contributed by atoms with Gasteiger partial charge in [-0.1, -0.05) is 104 Å². The summed E-state index contributed by atoms with van der Waals surface area (Å²) >= 11 is 0. The minimum absolute atomic E-state index is 0.0791. The lowest BCUT2D eigenvalue weighted by molar-refractivity contribution is -0.149. The molecule has 2 heterocycles. The molecule has 1 saturated heterocycles. The van der Waals surface area contributed by atoms with E-state index < -0.39 is 119 Å². The van der Waals surface area contributed by atoms with Crippen molar-refractivity contribution in [3.05, 3.63) is 77.9 Å². The van der Waals surface area contributed by atoms with Crippen molar-refractivity contribution in [1.82, 2.24) is 46.6 Å². The van der Waals surface area contributed by atoms with Crippen LogP contribution in [-0.2, 0) is 79.9 Å². The number of primary amides is 1. The van der Waals surface area contributed by atoms with Crippen molar-refractivity contribution in [3.63, 3.8) is 0 Å². The molecule has 0 spiro atoms. The summed E-state index contributed by atoms with van der Waals surface area (Å²) < 4.78 is 22.5. The molecule has 0 bridgehead atoms. The van der Waals surface area contributed by atoms with E-state index >= 15 is 0 Å². The molecule has 2 aromatic carbocycles. The number of likely N-dealkylation sites (N-methyl/N-ethyl adjacent to an activating group) is 1. The van der Waals surface area contributed by atoms with Gasteiger partial charge in [0, 0.05) is 71.6 Å². The smallest absolute Gasteiger partial charge is 0.408 e. The van der Waals surface area contributed by atoms with Crippen LogP contribution in [0, 0.1) is 23.7 Å². The highest BCUT2D eigenvalue weighted by atomic mass is 16.5. The number of methoxy groups -OCH3 is 3. The maximum absolute atomic E-state index is 14.7. The van der Waals surface area contributed by atoms with E-state index in [1.165, 1.54) is 52.2 Å². The molecule has 0 aromatic heterocycles. The van der Waals surface area contributed by atoms with Crippen LogP contribution in [0.3, 0.4) is 0 Å². The second-order valence-corrected chi connectivity index (χ2v) is 25.3. The molecule has 94 heavy (non-hydrogen) atoms. The van der Waals surface area contributed by atoms with Gasteiger partial charge in [0.25, 0.3) is 11.8 Å². The summed E-state index contributed by atoms with van der Waals surface area (Å²) in [6.07, 6.45) is 3.72. The van der Waals surface area contributed by atoms with Gasteiger partial charge in [-0.15, -0.1) is 0 Å². The first-order valence-electron chi connectivity index (χ1n) is 32.3. The number of imide groups is 1. The number of anilines is 1. The van der Waals surface area contributed by atoms with Crippen LogP contribution in [0.15, 0.2) is 66.7 Å². The van der Waals surface area contributed by atoms with Gasteiger partial charge in [-0.2, -0.15) is 0 Å². The molecule has 2 aliphatic rings. The number of rotatable bonds is 38. The van der Waals surface area contributed by atoms with E-state index in [2.05, 4.69) is 37.2 Å². The molecule has 520 valence electrons. The third-order valence-electron chi connectivity index (χ3n) is 17.2. The van der Waals surface area contributed by atoms with Crippen LogP contribution >= 0.6 is 0 Å². The van der Waals surface area contributed by atoms with E-state index in [9.17, 15) is 57.5 Å². The Morgan fingerprint density at radius 1 is 0.734 bits per heavy atom. The van der Waals surface area contributed by atoms with Gasteiger partial charge < -0.3 is 71.7 Å². The number of amides is 12. The first kappa shape index (κ1) is 78.0. The summed E-state index contributed by atoms with van der Waals surface area (Å²) in [6, 6.07) is 9.44. The standard InChI is InChI=1S/C67H101N11O16/c1-14-42(6)57(50(91-11)38-54(82)77-36-22-26-49(77)58(92-12)43(7)59(83)72-48(63(87)93-13)37-44-23-17-15-18-24-44)76(10)62(86)56(41(4)5)74-64(88)67(8,9)75-66(90)94-39-45-28-30-46(31-29-45)70-60(84)47(25-21-34-69-65(68)89)71-61(85)55(40(2)3)73-51(79)27-19-16-20-35-78-52(80)32-33-53(78)81/h15,17-18,23-24,28-33,40-43,47-50,55-58H,14,16,19-22,25-27,34-39H2,1-13H3,(H,70,84)(H,71,85)(H,72,83)(H,73,79)(H,74,88)(H,75,90)(H3,68,69,89). The van der Waals surface area contributed by atoms with Crippen LogP contribution in [0.1, 0.15) is 138 Å². The van der Waals surface area contributed by atoms with Crippen molar-refractivity contribution in [3.8, 4) is 0 Å². The summed E-state index contributed by atoms with van der Waals surface area (Å²) in [5.74, 6) is -6.60. The third-order valence-corrected chi connectivity index (χ3v) is 17.2. The Bertz CT molecular complexity index is 2930. The highest BCUT2D eigenvalue weighted by Gasteiger charge is 2.44. The normalized spacial score (nSPS) is 16.7. The van der Waals surface area contributed by atoms with E-state index in [1.807, 2.05) is 44.2 Å². The minimum Gasteiger partial charge on any atom is -0.467 e. The lowest BCUT2D eigenvalue weighted by Gasteiger charge is -2.41. The average molecular weight is 1320 g/mol. The SMILES string of the molecule is CCC(C)C(C(CC(=O)N1CCCC1C(OC)C(C)C(=O)NC(Cc1ccccc1)C(=O)OC)OC)N(C)C(=O)C(NC(=O)C(C)(C)NC(=O)OCc1ccc(NC(=O)C(CCCNC(N)=O)NC(=O)C(NC(=O)CCCCCN2C(=O)C=CC2=O)C(C)C)cc1)C(C)C. The van der Waals surface area contributed by atoms with Crippen molar-refractivity contribution < 1.29 is 76.5 Å². The lowest BCUT2D eigenvalue weighted by Crippen LogP contribution is -2.62. The van der Waals surface area contributed by atoms with E-state index in [0.717, 1.165) is 10.5 Å². The second-order valence-electron chi connectivity index (χ2n) is 25.3. The minimum atomic E-state index is -1.60. The Hall–Kier alpha value is -8.46. The van der Waals surface area contributed by atoms with Crippen molar-refractivity contribution in [2.24, 2.45) is 29.4 Å². The summed E-state index contributed by atoms with van der Waals surface area (Å²) in [6.45, 7) is 16.0. The number of nitrogens with two attached hydrogens (primary N) is 1. The zero-order chi connectivity index (χ0) is 70.0. The van der Waals surface area contributed by atoms with E-state index in [-0.39, 0.29) is 81.4 Å². The number of ether oxygens (including phenoxy) is 4. The Kier molecular flexibility index (Phi) is 31.6. The predicted molar refractivity (Wildman–Crippen MR) is 349 cm³/mol. The maximum atomic E-state index is 14.7. The van der Waals surface area contributed by atoms with Crippen LogP contribution in [0.5, 0.6) is 0 Å². The first-order chi connectivity index (χ1) is 44.5.